The molecule has 0 atom stereocenters. The van der Waals surface area contributed by atoms with Crippen molar-refractivity contribution in [3.63, 3.8) is 0 Å². The first-order chi connectivity index (χ1) is 13.6. The first-order valence-electron chi connectivity index (χ1n) is 10.8. The van der Waals surface area contributed by atoms with Crippen LogP contribution < -0.4 is 5.84 Å². The van der Waals surface area contributed by atoms with E-state index in [2.05, 4.69) is 4.90 Å². The van der Waals surface area contributed by atoms with Crippen LogP contribution in [0, 0.1) is 11.3 Å². The molecule has 0 saturated carbocycles. The topological polar surface area (TPSA) is 62.0 Å². The molecule has 6 nitrogen and oxygen atoms in total. The van der Waals surface area contributed by atoms with Gasteiger partial charge in [0.1, 0.15) is 6.61 Å². The van der Waals surface area contributed by atoms with Gasteiger partial charge < -0.3 is 14.5 Å². The maximum absolute atomic E-state index is 12.3. The zero-order chi connectivity index (χ0) is 19.4. The second-order valence-electron chi connectivity index (χ2n) is 8.99. The van der Waals surface area contributed by atoms with Crippen LogP contribution in [0.4, 0.5) is 4.79 Å². The Bertz CT molecular complexity index is 637. The second-order valence-corrected chi connectivity index (χ2v) is 8.99. The number of ether oxygens (including phenoxy) is 1. The van der Waals surface area contributed by atoms with E-state index in [0.29, 0.717) is 17.9 Å². The van der Waals surface area contributed by atoms with E-state index in [9.17, 15) is 4.79 Å². The molecule has 6 heteroatoms. The fourth-order valence-electron chi connectivity index (χ4n) is 5.06. The minimum atomic E-state index is -0.170. The summed E-state index contributed by atoms with van der Waals surface area (Å²) in [6.45, 7) is 7.72. The molecule has 3 saturated heterocycles. The van der Waals surface area contributed by atoms with Gasteiger partial charge >= 0.3 is 6.09 Å². The van der Waals surface area contributed by atoms with Crippen molar-refractivity contribution in [2.45, 2.75) is 38.7 Å². The summed E-state index contributed by atoms with van der Waals surface area (Å²) in [5, 5.41) is 1.97. The van der Waals surface area contributed by atoms with E-state index in [1.807, 2.05) is 40.2 Å². The fourth-order valence-corrected chi connectivity index (χ4v) is 5.06. The number of nitrogens with two attached hydrogens (primary N) is 1. The van der Waals surface area contributed by atoms with Gasteiger partial charge in [0, 0.05) is 39.3 Å². The summed E-state index contributed by atoms with van der Waals surface area (Å²) in [5.74, 6) is 6.64. The smallest absolute Gasteiger partial charge is 0.410 e. The zero-order valence-electron chi connectivity index (χ0n) is 16.9. The molecule has 3 aliphatic heterocycles. The molecule has 1 aromatic carbocycles. The molecule has 0 radical (unpaired) electrons. The monoisotopic (exact) mass is 386 g/mol. The van der Waals surface area contributed by atoms with Crippen LogP contribution >= 0.6 is 0 Å². The standard InChI is InChI=1S/C22H34N4O2/c23-26-14-9-22(10-15-26)8-13-24(18-22)16-19-6-11-25(12-7-19)21(27)28-17-20-4-2-1-3-5-20/h1-5,19H,6-18,23H2. The third-order valence-electron chi connectivity index (χ3n) is 6.97. The van der Waals surface area contributed by atoms with E-state index < -0.39 is 0 Å². The minimum Gasteiger partial charge on any atom is -0.445 e. The molecule has 1 aromatic rings. The van der Waals surface area contributed by atoms with Gasteiger partial charge in [0.15, 0.2) is 0 Å². The molecule has 3 aliphatic rings. The summed E-state index contributed by atoms with van der Waals surface area (Å²) in [6, 6.07) is 9.88. The summed E-state index contributed by atoms with van der Waals surface area (Å²) < 4.78 is 5.48. The number of carbonyl (C=O) groups is 1. The Morgan fingerprint density at radius 3 is 2.43 bits per heavy atom. The molecule has 1 amide bonds. The first-order valence-corrected chi connectivity index (χ1v) is 10.8. The van der Waals surface area contributed by atoms with Crippen molar-refractivity contribution in [3.8, 4) is 0 Å². The number of likely N-dealkylation sites (tertiary alicyclic amines) is 2. The molecule has 154 valence electrons. The number of benzene rings is 1. The average molecular weight is 387 g/mol. The number of hydrazine groups is 1. The molecule has 28 heavy (non-hydrogen) atoms. The lowest BCUT2D eigenvalue weighted by atomic mass is 9.78. The summed E-state index contributed by atoms with van der Waals surface area (Å²) >= 11 is 0. The van der Waals surface area contributed by atoms with E-state index in [0.717, 1.165) is 44.6 Å². The van der Waals surface area contributed by atoms with Crippen LogP contribution in [-0.2, 0) is 11.3 Å². The predicted octanol–water partition coefficient (Wildman–Crippen LogP) is 2.70. The van der Waals surface area contributed by atoms with Gasteiger partial charge in [0.05, 0.1) is 0 Å². The van der Waals surface area contributed by atoms with E-state index in [-0.39, 0.29) is 6.09 Å². The van der Waals surface area contributed by atoms with Crippen LogP contribution in [0.2, 0.25) is 0 Å². The predicted molar refractivity (Wildman–Crippen MR) is 109 cm³/mol. The molecule has 3 fully saturated rings. The highest BCUT2D eigenvalue weighted by molar-refractivity contribution is 5.67. The minimum absolute atomic E-state index is 0.170. The molecule has 0 unspecified atom stereocenters. The summed E-state index contributed by atoms with van der Waals surface area (Å²) in [5.41, 5.74) is 1.55. The van der Waals surface area contributed by atoms with Gasteiger partial charge in [-0.3, -0.25) is 5.84 Å². The van der Waals surface area contributed by atoms with Crippen LogP contribution in [0.15, 0.2) is 30.3 Å². The summed E-state index contributed by atoms with van der Waals surface area (Å²) in [6.07, 6.45) is 5.81. The normalized spacial score (nSPS) is 24.0. The van der Waals surface area contributed by atoms with Crippen LogP contribution in [0.3, 0.4) is 0 Å². The average Bonchev–Trinajstić information content (AvgIpc) is 3.12. The fraction of sp³-hybridized carbons (Fsp3) is 0.682. The van der Waals surface area contributed by atoms with Crippen LogP contribution in [0.1, 0.15) is 37.7 Å². The molecule has 1 spiro atoms. The van der Waals surface area contributed by atoms with Gasteiger partial charge in [0.25, 0.3) is 0 Å². The Hall–Kier alpha value is -1.63. The molecule has 4 rings (SSSR count). The third kappa shape index (κ3) is 4.85. The highest BCUT2D eigenvalue weighted by Gasteiger charge is 2.40. The number of rotatable bonds is 4. The molecule has 0 bridgehead atoms. The highest BCUT2D eigenvalue weighted by Crippen LogP contribution is 2.40. The zero-order valence-corrected chi connectivity index (χ0v) is 16.9. The van der Waals surface area contributed by atoms with Crippen molar-refractivity contribution < 1.29 is 9.53 Å². The quantitative estimate of drug-likeness (QED) is 0.806. The maximum Gasteiger partial charge on any atom is 0.410 e. The molecular weight excluding hydrogens is 352 g/mol. The lowest BCUT2D eigenvalue weighted by Crippen LogP contribution is -2.45. The number of amides is 1. The molecule has 2 N–H and O–H groups in total. The molecular formula is C22H34N4O2. The first kappa shape index (κ1) is 19.7. The third-order valence-corrected chi connectivity index (χ3v) is 6.97. The van der Waals surface area contributed by atoms with Gasteiger partial charge in [-0.2, -0.15) is 0 Å². The van der Waals surface area contributed by atoms with Crippen molar-refractivity contribution in [1.82, 2.24) is 14.8 Å². The van der Waals surface area contributed by atoms with E-state index in [1.54, 1.807) is 0 Å². The Morgan fingerprint density at radius 2 is 1.71 bits per heavy atom. The van der Waals surface area contributed by atoms with Crippen LogP contribution in [0.25, 0.3) is 0 Å². The summed E-state index contributed by atoms with van der Waals surface area (Å²) in [7, 11) is 0. The van der Waals surface area contributed by atoms with E-state index in [1.165, 1.54) is 38.9 Å². The van der Waals surface area contributed by atoms with Crippen LogP contribution in [-0.4, -0.2) is 66.7 Å². The SMILES string of the molecule is NN1CCC2(CC1)CCN(CC1CCN(C(=O)OCc3ccccc3)CC1)C2. The van der Waals surface area contributed by atoms with Crippen molar-refractivity contribution in [1.29, 1.82) is 0 Å². The van der Waals surface area contributed by atoms with Crippen molar-refractivity contribution in [3.05, 3.63) is 35.9 Å². The number of piperidine rings is 2. The number of hydrogen-bond donors (Lipinski definition) is 1. The molecule has 0 aromatic heterocycles. The van der Waals surface area contributed by atoms with E-state index in [4.69, 9.17) is 10.6 Å². The maximum atomic E-state index is 12.3. The second kappa shape index (κ2) is 8.80. The van der Waals surface area contributed by atoms with Gasteiger partial charge in [-0.05, 0) is 55.5 Å². The van der Waals surface area contributed by atoms with Crippen molar-refractivity contribution in [2.24, 2.45) is 17.2 Å². The van der Waals surface area contributed by atoms with Crippen molar-refractivity contribution >= 4 is 6.09 Å². The lowest BCUT2D eigenvalue weighted by molar-refractivity contribution is 0.0755. The Balaban J connectivity index is 1.17. The van der Waals surface area contributed by atoms with Gasteiger partial charge in [0.2, 0.25) is 0 Å². The highest BCUT2D eigenvalue weighted by atomic mass is 16.6. The number of hydrogen-bond acceptors (Lipinski definition) is 5. The number of nitrogens with zero attached hydrogens (tertiary/aromatic N) is 3. The van der Waals surface area contributed by atoms with Crippen molar-refractivity contribution in [2.75, 3.05) is 45.8 Å². The van der Waals surface area contributed by atoms with Gasteiger partial charge in [-0.1, -0.05) is 30.3 Å². The Morgan fingerprint density at radius 1 is 1.04 bits per heavy atom. The Kier molecular flexibility index (Phi) is 6.19. The summed E-state index contributed by atoms with van der Waals surface area (Å²) in [4.78, 5) is 16.9. The molecule has 3 heterocycles. The largest absolute Gasteiger partial charge is 0.445 e. The lowest BCUT2D eigenvalue weighted by Gasteiger charge is -2.38. The Labute approximate surface area is 168 Å². The molecule has 0 aliphatic carbocycles. The number of carbonyl (C=O) groups excluding carboxylic acids is 1. The van der Waals surface area contributed by atoms with Gasteiger partial charge in [-0.25, -0.2) is 9.80 Å². The van der Waals surface area contributed by atoms with Crippen LogP contribution in [0.5, 0.6) is 0 Å². The van der Waals surface area contributed by atoms with E-state index >= 15 is 0 Å². The van der Waals surface area contributed by atoms with Gasteiger partial charge in [-0.15, -0.1) is 0 Å².